The highest BCUT2D eigenvalue weighted by Crippen LogP contribution is 2.25. The van der Waals surface area contributed by atoms with Gasteiger partial charge in [-0.3, -0.25) is 9.69 Å². The molecule has 1 aromatic carbocycles. The molecule has 7 nitrogen and oxygen atoms in total. The number of nitrogens with zero attached hydrogens (tertiary/aromatic N) is 2. The fraction of sp³-hybridized carbons (Fsp3) is 0.611. The Kier molecular flexibility index (Phi) is 9.01. The molecule has 0 atom stereocenters. The van der Waals surface area contributed by atoms with Crippen LogP contribution in [0.15, 0.2) is 29.2 Å². The zero-order chi connectivity index (χ0) is 19.3. The Hall–Kier alpha value is -1.35. The third kappa shape index (κ3) is 6.34. The first kappa shape index (κ1) is 23.7. The van der Waals surface area contributed by atoms with Crippen molar-refractivity contribution in [2.45, 2.75) is 50.7 Å². The standard InChI is InChI=1S/C18H28N2O5S.ClH/c1-4-19(13-18(21)22)15-9-11-20(12-10-15)26(23,24)17-7-5-16(6-8-17)25-14(2)3;/h5-8,14-15H,4,9-13H2,1-3H3,(H,21,22);1H. The summed E-state index contributed by atoms with van der Waals surface area (Å²) >= 11 is 0. The molecule has 0 aromatic heterocycles. The van der Waals surface area contributed by atoms with E-state index in [0.29, 0.717) is 38.2 Å². The fourth-order valence-electron chi connectivity index (χ4n) is 3.23. The zero-order valence-corrected chi connectivity index (χ0v) is 17.6. The smallest absolute Gasteiger partial charge is 0.317 e. The molecule has 1 aliphatic rings. The van der Waals surface area contributed by atoms with Crippen LogP contribution in [0.4, 0.5) is 0 Å². The lowest BCUT2D eigenvalue weighted by Crippen LogP contribution is -2.48. The summed E-state index contributed by atoms with van der Waals surface area (Å²) in [4.78, 5) is 13.1. The van der Waals surface area contributed by atoms with E-state index in [1.807, 2.05) is 25.7 Å². The van der Waals surface area contributed by atoms with Crippen molar-refractivity contribution in [2.24, 2.45) is 0 Å². The number of carbonyl (C=O) groups is 1. The van der Waals surface area contributed by atoms with Crippen molar-refractivity contribution in [2.75, 3.05) is 26.2 Å². The second-order valence-corrected chi connectivity index (χ2v) is 8.67. The largest absolute Gasteiger partial charge is 0.491 e. The van der Waals surface area contributed by atoms with Crippen molar-refractivity contribution < 1.29 is 23.1 Å². The van der Waals surface area contributed by atoms with Gasteiger partial charge in [0.2, 0.25) is 10.0 Å². The molecule has 1 aliphatic heterocycles. The summed E-state index contributed by atoms with van der Waals surface area (Å²) in [6.45, 7) is 7.18. The van der Waals surface area contributed by atoms with Gasteiger partial charge in [-0.15, -0.1) is 12.4 Å². The van der Waals surface area contributed by atoms with Crippen LogP contribution in [-0.2, 0) is 14.8 Å². The number of piperidine rings is 1. The molecule has 0 aliphatic carbocycles. The second kappa shape index (κ2) is 10.3. The minimum atomic E-state index is -3.54. The number of carboxylic acid groups (broad SMARTS) is 1. The highest BCUT2D eigenvalue weighted by Gasteiger charge is 2.31. The number of carboxylic acids is 1. The van der Waals surface area contributed by atoms with Crippen molar-refractivity contribution >= 4 is 28.4 Å². The second-order valence-electron chi connectivity index (χ2n) is 6.73. The van der Waals surface area contributed by atoms with Crippen LogP contribution in [0, 0.1) is 0 Å². The van der Waals surface area contributed by atoms with Gasteiger partial charge in [0.1, 0.15) is 5.75 Å². The summed E-state index contributed by atoms with van der Waals surface area (Å²) in [5.74, 6) is -0.212. The Morgan fingerprint density at radius 3 is 2.26 bits per heavy atom. The lowest BCUT2D eigenvalue weighted by molar-refractivity contribution is -0.139. The monoisotopic (exact) mass is 420 g/mol. The molecule has 0 unspecified atom stereocenters. The maximum Gasteiger partial charge on any atom is 0.317 e. The first-order chi connectivity index (χ1) is 12.2. The molecule has 1 N–H and O–H groups in total. The summed E-state index contributed by atoms with van der Waals surface area (Å²) in [6, 6.07) is 6.59. The molecular weight excluding hydrogens is 392 g/mol. The summed E-state index contributed by atoms with van der Waals surface area (Å²) in [7, 11) is -3.54. The van der Waals surface area contributed by atoms with Crippen molar-refractivity contribution in [3.63, 3.8) is 0 Å². The molecule has 1 fully saturated rings. The molecule has 154 valence electrons. The minimum absolute atomic E-state index is 0. The molecule has 9 heteroatoms. The number of benzene rings is 1. The predicted octanol–water partition coefficient (Wildman–Crippen LogP) is 2.46. The van der Waals surface area contributed by atoms with Gasteiger partial charge in [-0.2, -0.15) is 4.31 Å². The third-order valence-electron chi connectivity index (χ3n) is 4.52. The molecule has 0 radical (unpaired) electrons. The summed E-state index contributed by atoms with van der Waals surface area (Å²) in [5, 5.41) is 8.99. The lowest BCUT2D eigenvalue weighted by atomic mass is 10.0. The van der Waals surface area contributed by atoms with Crippen LogP contribution in [0.2, 0.25) is 0 Å². The number of ether oxygens (including phenoxy) is 1. The Morgan fingerprint density at radius 1 is 1.26 bits per heavy atom. The van der Waals surface area contributed by atoms with E-state index in [-0.39, 0.29) is 36.0 Å². The average molecular weight is 421 g/mol. The maximum absolute atomic E-state index is 12.8. The van der Waals surface area contributed by atoms with Crippen molar-refractivity contribution in [1.29, 1.82) is 0 Å². The lowest BCUT2D eigenvalue weighted by Gasteiger charge is -2.36. The maximum atomic E-state index is 12.8. The number of hydrogen-bond acceptors (Lipinski definition) is 5. The molecule has 1 aromatic rings. The van der Waals surface area contributed by atoms with Crippen LogP contribution >= 0.6 is 12.4 Å². The van der Waals surface area contributed by atoms with E-state index in [1.54, 1.807) is 24.3 Å². The number of aliphatic carboxylic acids is 1. The normalized spacial score (nSPS) is 16.3. The van der Waals surface area contributed by atoms with E-state index in [4.69, 9.17) is 9.84 Å². The van der Waals surface area contributed by atoms with E-state index in [1.165, 1.54) is 4.31 Å². The van der Waals surface area contributed by atoms with E-state index in [0.717, 1.165) is 0 Å². The number of likely N-dealkylation sites (N-methyl/N-ethyl adjacent to an activating group) is 1. The van der Waals surface area contributed by atoms with E-state index in [9.17, 15) is 13.2 Å². The molecule has 27 heavy (non-hydrogen) atoms. The third-order valence-corrected chi connectivity index (χ3v) is 6.43. The van der Waals surface area contributed by atoms with E-state index >= 15 is 0 Å². The van der Waals surface area contributed by atoms with Crippen LogP contribution in [0.5, 0.6) is 5.75 Å². The van der Waals surface area contributed by atoms with E-state index in [2.05, 4.69) is 0 Å². The molecule has 0 bridgehead atoms. The van der Waals surface area contributed by atoms with Crippen molar-refractivity contribution in [1.82, 2.24) is 9.21 Å². The first-order valence-electron chi connectivity index (χ1n) is 8.96. The van der Waals surface area contributed by atoms with Gasteiger partial charge in [0.15, 0.2) is 0 Å². The van der Waals surface area contributed by atoms with Gasteiger partial charge < -0.3 is 9.84 Å². The van der Waals surface area contributed by atoms with Crippen LogP contribution < -0.4 is 4.74 Å². The molecule has 0 amide bonds. The first-order valence-corrected chi connectivity index (χ1v) is 10.4. The Bertz CT molecular complexity index is 701. The van der Waals surface area contributed by atoms with Crippen LogP contribution in [0.3, 0.4) is 0 Å². The molecule has 2 rings (SSSR count). The van der Waals surface area contributed by atoms with Crippen molar-refractivity contribution in [3.05, 3.63) is 24.3 Å². The minimum Gasteiger partial charge on any atom is -0.491 e. The number of halogens is 1. The van der Waals surface area contributed by atoms with Crippen LogP contribution in [0.25, 0.3) is 0 Å². The predicted molar refractivity (Wildman–Crippen MR) is 106 cm³/mol. The molecule has 0 spiro atoms. The number of sulfonamides is 1. The summed E-state index contributed by atoms with van der Waals surface area (Å²) < 4.78 is 32.7. The quantitative estimate of drug-likeness (QED) is 0.695. The van der Waals surface area contributed by atoms with Gasteiger partial charge in [0, 0.05) is 19.1 Å². The molecule has 1 saturated heterocycles. The topological polar surface area (TPSA) is 87.2 Å². The van der Waals surface area contributed by atoms with Crippen molar-refractivity contribution in [3.8, 4) is 5.75 Å². The molecular formula is C18H29ClN2O5S. The number of hydrogen-bond donors (Lipinski definition) is 1. The highest BCUT2D eigenvalue weighted by atomic mass is 35.5. The Morgan fingerprint density at radius 2 is 1.81 bits per heavy atom. The van der Waals surface area contributed by atoms with Gasteiger partial charge in [0.05, 0.1) is 17.5 Å². The van der Waals surface area contributed by atoms with Gasteiger partial charge in [-0.05, 0) is 57.5 Å². The average Bonchev–Trinajstić information content (AvgIpc) is 2.59. The zero-order valence-electron chi connectivity index (χ0n) is 16.0. The van der Waals surface area contributed by atoms with E-state index < -0.39 is 16.0 Å². The highest BCUT2D eigenvalue weighted by molar-refractivity contribution is 7.89. The Labute approximate surface area is 167 Å². The number of rotatable bonds is 8. The summed E-state index contributed by atoms with van der Waals surface area (Å²) in [5.41, 5.74) is 0. The summed E-state index contributed by atoms with van der Waals surface area (Å²) in [6.07, 6.45) is 1.30. The molecule has 0 saturated carbocycles. The van der Waals surface area contributed by atoms with Gasteiger partial charge in [-0.1, -0.05) is 6.92 Å². The van der Waals surface area contributed by atoms with Gasteiger partial charge in [0.25, 0.3) is 0 Å². The van der Waals surface area contributed by atoms with Crippen LogP contribution in [-0.4, -0.2) is 67.0 Å². The van der Waals surface area contributed by atoms with Crippen LogP contribution in [0.1, 0.15) is 33.6 Å². The molecule has 1 heterocycles. The Balaban J connectivity index is 0.00000364. The van der Waals surface area contributed by atoms with Gasteiger partial charge >= 0.3 is 5.97 Å². The fourth-order valence-corrected chi connectivity index (χ4v) is 4.70. The van der Waals surface area contributed by atoms with Gasteiger partial charge in [-0.25, -0.2) is 8.42 Å². The SMILES string of the molecule is CCN(CC(=O)O)C1CCN(S(=O)(=O)c2ccc(OC(C)C)cc2)CC1.Cl.